The van der Waals surface area contributed by atoms with E-state index in [1.54, 1.807) is 0 Å². The smallest absolute Gasteiger partial charge is 0.207 e. The van der Waals surface area contributed by atoms with Crippen LogP contribution in [0.25, 0.3) is 0 Å². The Labute approximate surface area is 183 Å². The quantitative estimate of drug-likeness (QED) is 0.532. The number of hydrogen-bond acceptors (Lipinski definition) is 4. The lowest BCUT2D eigenvalue weighted by molar-refractivity contribution is -0.114. The third-order valence-corrected chi connectivity index (χ3v) is 12.3. The molecule has 4 aliphatic rings. The van der Waals surface area contributed by atoms with E-state index in [4.69, 9.17) is 9.57 Å². The summed E-state index contributed by atoms with van der Waals surface area (Å²) < 4.78 is 5.81. The summed E-state index contributed by atoms with van der Waals surface area (Å²) in [6.45, 7) is 2.45. The normalized spacial score (nSPS) is 32.1. The van der Waals surface area contributed by atoms with Crippen molar-refractivity contribution in [2.24, 2.45) is 5.92 Å². The molecule has 31 heavy (non-hydrogen) atoms. The second kappa shape index (κ2) is 7.50. The first-order valence-electron chi connectivity index (χ1n) is 11.2. The lowest BCUT2D eigenvalue weighted by Gasteiger charge is -2.37. The highest BCUT2D eigenvalue weighted by Crippen LogP contribution is 2.76. The van der Waals surface area contributed by atoms with E-state index in [1.165, 1.54) is 10.6 Å². The van der Waals surface area contributed by atoms with Crippen LogP contribution in [-0.4, -0.2) is 42.0 Å². The molecule has 3 fully saturated rings. The first kappa shape index (κ1) is 19.6. The molecule has 0 saturated carbocycles. The van der Waals surface area contributed by atoms with Gasteiger partial charge in [0.1, 0.15) is 28.8 Å². The Kier molecular flexibility index (Phi) is 4.73. The minimum absolute atomic E-state index is 0.234. The molecule has 0 spiro atoms. The number of hydroxylamine groups is 2. The second-order valence-electron chi connectivity index (χ2n) is 8.81. The molecule has 0 amide bonds. The van der Waals surface area contributed by atoms with Crippen molar-refractivity contribution >= 4 is 23.7 Å². The number of rotatable bonds is 5. The number of ketones is 1. The van der Waals surface area contributed by atoms with Gasteiger partial charge in [-0.05, 0) is 36.8 Å². The van der Waals surface area contributed by atoms with Crippen LogP contribution in [0.1, 0.15) is 19.3 Å². The number of Topliss-reactive ketones (excluding diaryl/α,β-unsaturated/α-hetero) is 1. The average Bonchev–Trinajstić information content (AvgIpc) is 3.15. The monoisotopic (exact) mass is 432 g/mol. The Morgan fingerprint density at radius 2 is 1.68 bits per heavy atom. The maximum Gasteiger partial charge on any atom is 0.207 e. The highest BCUT2D eigenvalue weighted by atomic mass is 31.2. The maximum absolute atomic E-state index is 13.5. The summed E-state index contributed by atoms with van der Waals surface area (Å²) in [6.07, 6.45) is 8.67. The Morgan fingerprint density at radius 1 is 0.968 bits per heavy atom. The van der Waals surface area contributed by atoms with E-state index in [9.17, 15) is 4.79 Å². The van der Waals surface area contributed by atoms with Crippen LogP contribution in [-0.2, 0) is 14.4 Å². The Morgan fingerprint density at radius 3 is 2.26 bits per heavy atom. The van der Waals surface area contributed by atoms with Gasteiger partial charge in [0.25, 0.3) is 0 Å². The third-order valence-electron chi connectivity index (χ3n) is 7.37. The van der Waals surface area contributed by atoms with Crippen LogP contribution in [0.15, 0.2) is 84.2 Å². The summed E-state index contributed by atoms with van der Waals surface area (Å²) in [5.74, 6) is 0.599. The fourth-order valence-electron chi connectivity index (χ4n) is 6.06. The molecule has 3 heterocycles. The number of benzene rings is 2. The first-order valence-corrected chi connectivity index (χ1v) is 13.1. The summed E-state index contributed by atoms with van der Waals surface area (Å²) in [6, 6.07) is 21.5. The van der Waals surface area contributed by atoms with E-state index in [0.29, 0.717) is 12.3 Å². The molecule has 0 N–H and O–H groups in total. The molecule has 4 nitrogen and oxygen atoms in total. The van der Waals surface area contributed by atoms with Gasteiger partial charge in [0, 0.05) is 31.9 Å². The molecular weight excluding hydrogens is 405 g/mol. The van der Waals surface area contributed by atoms with Crippen molar-refractivity contribution in [3.63, 3.8) is 0 Å². The van der Waals surface area contributed by atoms with Crippen molar-refractivity contribution < 1.29 is 14.4 Å². The van der Waals surface area contributed by atoms with Crippen LogP contribution >= 0.6 is 7.26 Å². The number of ether oxygens (including phenoxy) is 1. The zero-order chi connectivity index (χ0) is 20.9. The summed E-state index contributed by atoms with van der Waals surface area (Å²) in [7, 11) is -2.27. The van der Waals surface area contributed by atoms with Gasteiger partial charge in [0.15, 0.2) is 0 Å². The molecule has 3 aliphatic heterocycles. The molecule has 158 valence electrons. The first-order chi connectivity index (χ1) is 15.3. The standard InChI is InChI=1S/C26H27NO3P/c28-23-13-7-8-14-24(23)31(21-9-3-1-4-10-21,22-11-5-2-6-12-22)25-15-17-27-26(25,30-27)20-16-18-29-19-20/h1-12,14,20,25H,13,15-19H2/q+1. The van der Waals surface area contributed by atoms with Crippen molar-refractivity contribution in [1.29, 1.82) is 0 Å². The van der Waals surface area contributed by atoms with Crippen molar-refractivity contribution in [2.45, 2.75) is 30.6 Å². The Bertz CT molecular complexity index is 1010. The van der Waals surface area contributed by atoms with Gasteiger partial charge < -0.3 is 4.74 Å². The predicted octanol–water partition coefficient (Wildman–Crippen LogP) is 3.82. The van der Waals surface area contributed by atoms with Crippen molar-refractivity contribution in [3.05, 3.63) is 84.2 Å². The van der Waals surface area contributed by atoms with Gasteiger partial charge in [-0.1, -0.05) is 48.6 Å². The SMILES string of the molecule is O=C1CC=CC=C1[P+](c1ccccc1)(c1ccccc1)C1CCN2OC12C1CCOC1. The molecule has 5 heteroatoms. The highest BCUT2D eigenvalue weighted by Gasteiger charge is 2.78. The highest BCUT2D eigenvalue weighted by molar-refractivity contribution is 7.94. The Balaban J connectivity index is 1.64. The van der Waals surface area contributed by atoms with E-state index in [2.05, 4.69) is 77.9 Å². The fraction of sp³-hybridized carbons (Fsp3) is 0.346. The number of hydrogen-bond donors (Lipinski definition) is 0. The summed E-state index contributed by atoms with van der Waals surface area (Å²) in [5.41, 5.74) is -0.0867. The number of carbonyl (C=O) groups excluding carboxylic acids is 1. The maximum atomic E-state index is 13.5. The lowest BCUT2D eigenvalue weighted by atomic mass is 9.95. The number of allylic oxidation sites excluding steroid dienone is 4. The van der Waals surface area contributed by atoms with Gasteiger partial charge in [-0.2, -0.15) is 0 Å². The molecule has 4 atom stereocenters. The molecular formula is C26H27NO3P+. The third kappa shape index (κ3) is 2.79. The van der Waals surface area contributed by atoms with E-state index >= 15 is 0 Å². The Hall–Kier alpha value is -2.10. The van der Waals surface area contributed by atoms with Crippen molar-refractivity contribution in [3.8, 4) is 0 Å². The van der Waals surface area contributed by atoms with Gasteiger partial charge in [-0.25, -0.2) is 0 Å². The molecule has 0 bridgehead atoms. The summed E-state index contributed by atoms with van der Waals surface area (Å²) in [4.78, 5) is 20.0. The van der Waals surface area contributed by atoms with E-state index in [-0.39, 0.29) is 17.2 Å². The van der Waals surface area contributed by atoms with Crippen LogP contribution in [0.2, 0.25) is 0 Å². The largest absolute Gasteiger partial charge is 0.381 e. The van der Waals surface area contributed by atoms with E-state index < -0.39 is 7.26 Å². The molecule has 1 aliphatic carbocycles. The summed E-state index contributed by atoms with van der Waals surface area (Å²) in [5, 5.41) is 5.74. The van der Waals surface area contributed by atoms with Crippen LogP contribution in [0, 0.1) is 5.92 Å². The molecule has 3 saturated heterocycles. The van der Waals surface area contributed by atoms with E-state index in [1.807, 2.05) is 6.08 Å². The molecule has 2 aromatic carbocycles. The van der Waals surface area contributed by atoms with Gasteiger partial charge in [0.2, 0.25) is 11.5 Å². The zero-order valence-corrected chi connectivity index (χ0v) is 18.4. The molecule has 2 aromatic rings. The van der Waals surface area contributed by atoms with Gasteiger partial charge in [-0.3, -0.25) is 9.63 Å². The van der Waals surface area contributed by atoms with Gasteiger partial charge in [-0.15, -0.1) is 5.06 Å². The van der Waals surface area contributed by atoms with E-state index in [0.717, 1.165) is 37.9 Å². The lowest BCUT2D eigenvalue weighted by Crippen LogP contribution is -2.45. The minimum atomic E-state index is -2.27. The van der Waals surface area contributed by atoms with Crippen molar-refractivity contribution in [2.75, 3.05) is 19.8 Å². The van der Waals surface area contributed by atoms with Crippen molar-refractivity contribution in [1.82, 2.24) is 5.06 Å². The van der Waals surface area contributed by atoms with Crippen LogP contribution in [0.5, 0.6) is 0 Å². The van der Waals surface area contributed by atoms with Gasteiger partial charge in [0.05, 0.1) is 6.61 Å². The minimum Gasteiger partial charge on any atom is -0.381 e. The predicted molar refractivity (Wildman–Crippen MR) is 124 cm³/mol. The van der Waals surface area contributed by atoms with Crippen LogP contribution in [0.3, 0.4) is 0 Å². The fourth-order valence-corrected chi connectivity index (χ4v) is 11.5. The molecule has 4 unspecified atom stereocenters. The molecule has 0 radical (unpaired) electrons. The zero-order valence-electron chi connectivity index (χ0n) is 17.5. The summed E-state index contributed by atoms with van der Waals surface area (Å²) >= 11 is 0. The van der Waals surface area contributed by atoms with Crippen LogP contribution in [0.4, 0.5) is 0 Å². The van der Waals surface area contributed by atoms with Crippen LogP contribution < -0.4 is 10.6 Å². The topological polar surface area (TPSA) is 41.8 Å². The number of fused-ring (bicyclic) bond motifs is 1. The molecule has 6 rings (SSSR count). The number of carbonyl (C=O) groups is 1. The second-order valence-corrected chi connectivity index (χ2v) is 12.4. The van der Waals surface area contributed by atoms with Gasteiger partial charge >= 0.3 is 0 Å². The number of nitrogens with zero attached hydrogens (tertiary/aromatic N) is 1. The molecule has 0 aromatic heterocycles. The average molecular weight is 432 g/mol.